The van der Waals surface area contributed by atoms with E-state index in [1.807, 2.05) is 54.9 Å². The van der Waals surface area contributed by atoms with Crippen molar-refractivity contribution in [3.05, 3.63) is 82.7 Å². The average molecular weight is 349 g/mol. The normalized spacial score (nSPS) is 10.7. The highest BCUT2D eigenvalue weighted by Crippen LogP contribution is 2.15. The first kappa shape index (κ1) is 17.7. The van der Waals surface area contributed by atoms with Gasteiger partial charge in [0.05, 0.1) is 12.2 Å². The summed E-state index contributed by atoms with van der Waals surface area (Å²) >= 11 is 0. The summed E-state index contributed by atoms with van der Waals surface area (Å²) in [5.41, 5.74) is 4.65. The molecule has 5 nitrogen and oxygen atoms in total. The van der Waals surface area contributed by atoms with Gasteiger partial charge in [-0.1, -0.05) is 24.3 Å². The Hall–Kier alpha value is -3.08. The number of rotatable bonds is 5. The highest BCUT2D eigenvalue weighted by Gasteiger charge is 2.13. The summed E-state index contributed by atoms with van der Waals surface area (Å²) in [5, 5.41) is 14.0. The van der Waals surface area contributed by atoms with Crippen LogP contribution in [0.15, 0.2) is 54.6 Å². The minimum Gasteiger partial charge on any atom is -0.508 e. The third kappa shape index (κ3) is 4.11. The third-order valence-corrected chi connectivity index (χ3v) is 4.29. The Bertz CT molecular complexity index is 931. The van der Waals surface area contributed by atoms with Gasteiger partial charge in [-0.25, -0.2) is 0 Å². The number of carbonyl (C=O) groups excluding carboxylic acids is 1. The van der Waals surface area contributed by atoms with E-state index in [-0.39, 0.29) is 11.7 Å². The lowest BCUT2D eigenvalue weighted by molar-refractivity contribution is 0.0785. The summed E-state index contributed by atoms with van der Waals surface area (Å²) in [6.45, 7) is 5.07. The first-order chi connectivity index (χ1) is 12.4. The van der Waals surface area contributed by atoms with Crippen LogP contribution in [0.3, 0.4) is 0 Å². The number of aromatic nitrogens is 2. The van der Waals surface area contributed by atoms with Crippen LogP contribution < -0.4 is 0 Å². The van der Waals surface area contributed by atoms with Crippen LogP contribution in [-0.4, -0.2) is 32.7 Å². The first-order valence-electron chi connectivity index (χ1n) is 8.56. The van der Waals surface area contributed by atoms with Crippen molar-refractivity contribution in [1.29, 1.82) is 0 Å². The standard InChI is InChI=1S/C21H23N3O2/c1-15-10-16(2)24(22-15)14-17-6-4-8-19(11-17)21(26)23(3)13-18-7-5-9-20(25)12-18/h4-12,25H,13-14H2,1-3H3. The van der Waals surface area contributed by atoms with Gasteiger partial charge >= 0.3 is 0 Å². The number of carbonyl (C=O) groups is 1. The molecule has 0 aliphatic rings. The van der Waals surface area contributed by atoms with Crippen molar-refractivity contribution in [2.24, 2.45) is 0 Å². The molecular formula is C21H23N3O2. The molecule has 0 saturated carbocycles. The van der Waals surface area contributed by atoms with Crippen molar-refractivity contribution < 1.29 is 9.90 Å². The van der Waals surface area contributed by atoms with E-state index in [2.05, 4.69) is 5.10 Å². The van der Waals surface area contributed by atoms with Crippen LogP contribution in [0.4, 0.5) is 0 Å². The molecular weight excluding hydrogens is 326 g/mol. The molecule has 1 amide bonds. The van der Waals surface area contributed by atoms with Crippen molar-refractivity contribution in [3.63, 3.8) is 0 Å². The highest BCUT2D eigenvalue weighted by atomic mass is 16.3. The first-order valence-corrected chi connectivity index (χ1v) is 8.56. The van der Waals surface area contributed by atoms with Crippen LogP contribution in [0, 0.1) is 13.8 Å². The number of aromatic hydroxyl groups is 1. The number of hydrogen-bond donors (Lipinski definition) is 1. The zero-order chi connectivity index (χ0) is 18.7. The van der Waals surface area contributed by atoms with Gasteiger partial charge in [0.2, 0.25) is 0 Å². The maximum absolute atomic E-state index is 12.8. The number of phenolic OH excluding ortho intramolecular Hbond substituents is 1. The van der Waals surface area contributed by atoms with E-state index in [1.165, 1.54) is 0 Å². The fourth-order valence-corrected chi connectivity index (χ4v) is 3.03. The number of aryl methyl sites for hydroxylation is 2. The maximum atomic E-state index is 12.8. The van der Waals surface area contributed by atoms with Crippen LogP contribution in [-0.2, 0) is 13.1 Å². The molecule has 0 aliphatic carbocycles. The molecule has 1 N–H and O–H groups in total. The molecule has 0 fully saturated rings. The third-order valence-electron chi connectivity index (χ3n) is 4.29. The second-order valence-corrected chi connectivity index (χ2v) is 6.62. The Labute approximate surface area is 153 Å². The number of hydrogen-bond acceptors (Lipinski definition) is 3. The van der Waals surface area contributed by atoms with Crippen LogP contribution in [0.2, 0.25) is 0 Å². The van der Waals surface area contributed by atoms with Crippen LogP contribution >= 0.6 is 0 Å². The van der Waals surface area contributed by atoms with Gasteiger partial charge in [0.25, 0.3) is 5.91 Å². The molecule has 0 unspecified atom stereocenters. The predicted octanol–water partition coefficient (Wildman–Crippen LogP) is 3.53. The summed E-state index contributed by atoms with van der Waals surface area (Å²) in [6.07, 6.45) is 0. The number of nitrogens with zero attached hydrogens (tertiary/aromatic N) is 3. The van der Waals surface area contributed by atoms with Crippen molar-refractivity contribution >= 4 is 5.91 Å². The van der Waals surface area contributed by atoms with Crippen LogP contribution in [0.1, 0.15) is 32.9 Å². The minimum absolute atomic E-state index is 0.0523. The Morgan fingerprint density at radius 1 is 1.08 bits per heavy atom. The SMILES string of the molecule is Cc1cc(C)n(Cc2cccc(C(=O)N(C)Cc3cccc(O)c3)c2)n1. The Morgan fingerprint density at radius 3 is 2.50 bits per heavy atom. The zero-order valence-corrected chi connectivity index (χ0v) is 15.3. The minimum atomic E-state index is -0.0523. The van der Waals surface area contributed by atoms with E-state index in [1.54, 1.807) is 30.1 Å². The monoisotopic (exact) mass is 349 g/mol. The molecule has 134 valence electrons. The van der Waals surface area contributed by atoms with Gasteiger partial charge in [0.15, 0.2) is 0 Å². The van der Waals surface area contributed by atoms with Gasteiger partial charge < -0.3 is 10.0 Å². The molecule has 1 heterocycles. The average Bonchev–Trinajstić information content (AvgIpc) is 2.91. The summed E-state index contributed by atoms with van der Waals surface area (Å²) < 4.78 is 1.94. The second kappa shape index (κ2) is 7.44. The molecule has 2 aromatic carbocycles. The van der Waals surface area contributed by atoms with E-state index < -0.39 is 0 Å². The quantitative estimate of drug-likeness (QED) is 0.767. The second-order valence-electron chi connectivity index (χ2n) is 6.62. The molecule has 0 spiro atoms. The van der Waals surface area contributed by atoms with E-state index in [4.69, 9.17) is 0 Å². The Morgan fingerprint density at radius 2 is 1.81 bits per heavy atom. The fourth-order valence-electron chi connectivity index (χ4n) is 3.03. The molecule has 5 heteroatoms. The summed E-state index contributed by atoms with van der Waals surface area (Å²) in [5.74, 6) is 0.152. The molecule has 3 rings (SSSR count). The summed E-state index contributed by atoms with van der Waals surface area (Å²) in [6, 6.07) is 16.6. The zero-order valence-electron chi connectivity index (χ0n) is 15.3. The topological polar surface area (TPSA) is 58.4 Å². The van der Waals surface area contributed by atoms with Gasteiger partial charge in [-0.15, -0.1) is 0 Å². The molecule has 0 bridgehead atoms. The largest absolute Gasteiger partial charge is 0.508 e. The van der Waals surface area contributed by atoms with Gasteiger partial charge in [-0.3, -0.25) is 9.48 Å². The van der Waals surface area contributed by atoms with E-state index in [0.29, 0.717) is 18.7 Å². The van der Waals surface area contributed by atoms with Crippen molar-refractivity contribution in [3.8, 4) is 5.75 Å². The van der Waals surface area contributed by atoms with Gasteiger partial charge in [-0.05, 0) is 55.3 Å². The molecule has 0 saturated heterocycles. The van der Waals surface area contributed by atoms with Crippen LogP contribution in [0.5, 0.6) is 5.75 Å². The number of amides is 1. The van der Waals surface area contributed by atoms with Gasteiger partial charge in [0, 0.05) is 24.8 Å². The number of phenols is 1. The maximum Gasteiger partial charge on any atom is 0.253 e. The lowest BCUT2D eigenvalue weighted by Gasteiger charge is -2.18. The van der Waals surface area contributed by atoms with Gasteiger partial charge in [0.1, 0.15) is 5.75 Å². The van der Waals surface area contributed by atoms with E-state index in [9.17, 15) is 9.90 Å². The molecule has 0 aliphatic heterocycles. The molecule has 3 aromatic rings. The summed E-state index contributed by atoms with van der Waals surface area (Å²) in [7, 11) is 1.76. The molecule has 26 heavy (non-hydrogen) atoms. The van der Waals surface area contributed by atoms with E-state index in [0.717, 1.165) is 22.5 Å². The highest BCUT2D eigenvalue weighted by molar-refractivity contribution is 5.94. The van der Waals surface area contributed by atoms with Gasteiger partial charge in [-0.2, -0.15) is 5.10 Å². The van der Waals surface area contributed by atoms with Crippen molar-refractivity contribution in [1.82, 2.24) is 14.7 Å². The summed E-state index contributed by atoms with van der Waals surface area (Å²) in [4.78, 5) is 14.4. The van der Waals surface area contributed by atoms with Crippen molar-refractivity contribution in [2.45, 2.75) is 26.9 Å². The molecule has 0 radical (unpaired) electrons. The van der Waals surface area contributed by atoms with Crippen LogP contribution in [0.25, 0.3) is 0 Å². The van der Waals surface area contributed by atoms with Crippen molar-refractivity contribution in [2.75, 3.05) is 7.05 Å². The smallest absolute Gasteiger partial charge is 0.253 e. The lowest BCUT2D eigenvalue weighted by Crippen LogP contribution is -2.26. The predicted molar refractivity (Wildman–Crippen MR) is 101 cm³/mol. The lowest BCUT2D eigenvalue weighted by atomic mass is 10.1. The Kier molecular flexibility index (Phi) is 5.07. The number of benzene rings is 2. The van der Waals surface area contributed by atoms with E-state index >= 15 is 0 Å². The fraction of sp³-hybridized carbons (Fsp3) is 0.238. The molecule has 0 atom stereocenters. The Balaban J connectivity index is 1.74. The molecule has 1 aromatic heterocycles.